The molecule has 0 aliphatic rings. The van der Waals surface area contributed by atoms with Crippen molar-refractivity contribution in [2.24, 2.45) is 0 Å². The number of rotatable bonds is 7. The van der Waals surface area contributed by atoms with E-state index in [1.165, 1.54) is 30.5 Å². The molecule has 0 fully saturated rings. The first-order valence-electron chi connectivity index (χ1n) is 9.75. The summed E-state index contributed by atoms with van der Waals surface area (Å²) in [5.41, 5.74) is 2.79. The molecule has 10 heteroatoms. The lowest BCUT2D eigenvalue weighted by Gasteiger charge is -2.04. The summed E-state index contributed by atoms with van der Waals surface area (Å²) in [6.07, 6.45) is 5.34. The van der Waals surface area contributed by atoms with Gasteiger partial charge in [-0.2, -0.15) is 0 Å². The van der Waals surface area contributed by atoms with Crippen molar-refractivity contribution in [2.45, 2.75) is 6.61 Å². The minimum absolute atomic E-state index is 0.0363. The molecule has 33 heavy (non-hydrogen) atoms. The number of aliphatic hydroxyl groups is 1. The molecule has 0 radical (unpaired) electrons. The van der Waals surface area contributed by atoms with Gasteiger partial charge in [0.1, 0.15) is 17.8 Å². The van der Waals surface area contributed by atoms with E-state index in [1.807, 2.05) is 0 Å². The number of halogens is 1. The van der Waals surface area contributed by atoms with E-state index in [0.29, 0.717) is 28.3 Å². The highest BCUT2D eigenvalue weighted by molar-refractivity contribution is 6.07. The summed E-state index contributed by atoms with van der Waals surface area (Å²) < 4.78 is 13.1. The normalized spacial score (nSPS) is 11.1. The maximum atomic E-state index is 13.1. The van der Waals surface area contributed by atoms with Crippen molar-refractivity contribution in [3.05, 3.63) is 100 Å². The topological polar surface area (TPSA) is 142 Å². The Morgan fingerprint density at radius 1 is 1.18 bits per heavy atom. The van der Waals surface area contributed by atoms with Crippen LogP contribution < -0.4 is 0 Å². The number of aliphatic hydroxyl groups excluding tert-OH is 1. The average Bonchev–Trinajstić information content (AvgIpc) is 3.27. The van der Waals surface area contributed by atoms with Crippen LogP contribution in [0.3, 0.4) is 0 Å². The molecule has 0 spiro atoms. The summed E-state index contributed by atoms with van der Waals surface area (Å²) >= 11 is 0. The third-order valence-corrected chi connectivity index (χ3v) is 4.77. The Hall–Kier alpha value is -4.57. The molecule has 0 atom stereocenters. The van der Waals surface area contributed by atoms with Crippen LogP contribution in [-0.4, -0.2) is 35.7 Å². The number of aromatic amines is 1. The third-order valence-electron chi connectivity index (χ3n) is 4.77. The predicted octanol–water partition coefficient (Wildman–Crippen LogP) is 4.15. The molecule has 0 saturated heterocycles. The minimum atomic E-state index is -0.569. The van der Waals surface area contributed by atoms with Gasteiger partial charge in [-0.05, 0) is 51.9 Å². The van der Waals surface area contributed by atoms with Gasteiger partial charge >= 0.3 is 5.82 Å². The maximum Gasteiger partial charge on any atom is 0.372 e. The summed E-state index contributed by atoms with van der Waals surface area (Å²) in [6.45, 7) is -0.116. The molecule has 0 aliphatic heterocycles. The van der Waals surface area contributed by atoms with Gasteiger partial charge in [-0.3, -0.25) is 10.4 Å². The van der Waals surface area contributed by atoms with Crippen LogP contribution in [0, 0.1) is 21.3 Å². The Morgan fingerprint density at radius 2 is 1.97 bits per heavy atom. The molecule has 0 saturated carbocycles. The Morgan fingerprint density at radius 3 is 2.64 bits per heavy atom. The SMILES string of the molecule is N=C(/C=C\c1nc(-c2ccc(CO)cc2)c(-c2cccnc2[N+](=O)[O-])[nH]1)c1ccc(F)cn1. The average molecular weight is 444 g/mol. The highest BCUT2D eigenvalue weighted by Gasteiger charge is 2.22. The van der Waals surface area contributed by atoms with E-state index in [0.717, 1.165) is 6.20 Å². The second-order valence-electron chi connectivity index (χ2n) is 6.94. The van der Waals surface area contributed by atoms with Gasteiger partial charge in [0, 0.05) is 5.56 Å². The van der Waals surface area contributed by atoms with Crippen molar-refractivity contribution >= 4 is 17.6 Å². The first kappa shape index (κ1) is 21.7. The number of nitrogens with one attached hydrogen (secondary N) is 2. The van der Waals surface area contributed by atoms with Crippen LogP contribution in [0.15, 0.2) is 67.0 Å². The molecule has 3 aromatic heterocycles. The van der Waals surface area contributed by atoms with Crippen LogP contribution in [0.1, 0.15) is 17.1 Å². The molecule has 9 nitrogen and oxygen atoms in total. The van der Waals surface area contributed by atoms with Gasteiger partial charge in [0.25, 0.3) is 0 Å². The summed E-state index contributed by atoms with van der Waals surface area (Å²) in [5.74, 6) is -0.481. The number of aromatic nitrogens is 4. The Bertz CT molecular complexity index is 1350. The number of nitrogens with zero attached hydrogens (tertiary/aromatic N) is 4. The standard InChI is InChI=1S/C23H17FN6O3/c24-16-7-9-19(27-12-16)18(25)8-10-20-28-21(15-5-3-14(13-31)4-6-15)22(29-20)17-2-1-11-26-23(17)30(32)33/h1-12,25,31H,13H2,(H,28,29)/b10-8-,25-18?. The molecule has 4 rings (SSSR count). The van der Waals surface area contributed by atoms with Crippen molar-refractivity contribution in [1.82, 2.24) is 19.9 Å². The zero-order chi connectivity index (χ0) is 23.4. The molecule has 0 unspecified atom stereocenters. The Labute approximate surface area is 187 Å². The lowest BCUT2D eigenvalue weighted by molar-refractivity contribution is -0.388. The lowest BCUT2D eigenvalue weighted by Crippen LogP contribution is -1.98. The summed E-state index contributed by atoms with van der Waals surface area (Å²) in [5, 5.41) is 29.0. The lowest BCUT2D eigenvalue weighted by atomic mass is 10.0. The zero-order valence-corrected chi connectivity index (χ0v) is 17.1. The molecule has 4 aromatic rings. The smallest absolute Gasteiger partial charge is 0.372 e. The molecule has 0 aliphatic carbocycles. The van der Waals surface area contributed by atoms with Crippen LogP contribution in [-0.2, 0) is 6.61 Å². The fraction of sp³-hybridized carbons (Fsp3) is 0.0435. The molecule has 0 bridgehead atoms. The number of imidazole rings is 1. The molecule has 164 valence electrons. The number of hydrogen-bond donors (Lipinski definition) is 3. The monoisotopic (exact) mass is 444 g/mol. The van der Waals surface area contributed by atoms with Crippen LogP contribution >= 0.6 is 0 Å². The molecule has 1 aromatic carbocycles. The highest BCUT2D eigenvalue weighted by Crippen LogP contribution is 2.34. The zero-order valence-electron chi connectivity index (χ0n) is 17.1. The van der Waals surface area contributed by atoms with Gasteiger partial charge in [0.2, 0.25) is 0 Å². The molecule has 3 N–H and O–H groups in total. The van der Waals surface area contributed by atoms with Crippen molar-refractivity contribution in [1.29, 1.82) is 5.41 Å². The summed E-state index contributed by atoms with van der Waals surface area (Å²) in [6, 6.07) is 12.7. The maximum absolute atomic E-state index is 13.1. The Balaban J connectivity index is 1.77. The van der Waals surface area contributed by atoms with E-state index in [2.05, 4.69) is 19.9 Å². The van der Waals surface area contributed by atoms with Gasteiger partial charge in [0.15, 0.2) is 0 Å². The summed E-state index contributed by atoms with van der Waals surface area (Å²) in [7, 11) is 0. The quantitative estimate of drug-likeness (QED) is 0.222. The number of allylic oxidation sites excluding steroid dienone is 1. The number of hydrogen-bond acceptors (Lipinski definition) is 7. The third kappa shape index (κ3) is 4.70. The molecular formula is C23H17FN6O3. The summed E-state index contributed by atoms with van der Waals surface area (Å²) in [4.78, 5) is 26.3. The predicted molar refractivity (Wildman–Crippen MR) is 120 cm³/mol. The number of pyridine rings is 2. The van der Waals surface area contributed by atoms with E-state index in [1.54, 1.807) is 36.4 Å². The number of H-pyrrole nitrogens is 1. The minimum Gasteiger partial charge on any atom is -0.392 e. The first-order chi connectivity index (χ1) is 16.0. The highest BCUT2D eigenvalue weighted by atomic mass is 19.1. The second-order valence-corrected chi connectivity index (χ2v) is 6.94. The van der Waals surface area contributed by atoms with E-state index < -0.39 is 10.7 Å². The van der Waals surface area contributed by atoms with Crippen molar-refractivity contribution < 1.29 is 14.4 Å². The fourth-order valence-electron chi connectivity index (χ4n) is 3.16. The van der Waals surface area contributed by atoms with E-state index in [-0.39, 0.29) is 29.4 Å². The van der Waals surface area contributed by atoms with Crippen LogP contribution in [0.25, 0.3) is 28.6 Å². The molecular weight excluding hydrogens is 427 g/mol. The largest absolute Gasteiger partial charge is 0.392 e. The van der Waals surface area contributed by atoms with Crippen LogP contribution in [0.4, 0.5) is 10.2 Å². The van der Waals surface area contributed by atoms with Crippen molar-refractivity contribution in [3.8, 4) is 22.5 Å². The van der Waals surface area contributed by atoms with E-state index in [4.69, 9.17) is 5.41 Å². The second kappa shape index (κ2) is 9.28. The number of benzene rings is 1. The van der Waals surface area contributed by atoms with Gasteiger partial charge in [-0.25, -0.2) is 9.37 Å². The van der Waals surface area contributed by atoms with Gasteiger partial charge in [-0.15, -0.1) is 0 Å². The van der Waals surface area contributed by atoms with E-state index in [9.17, 15) is 19.6 Å². The van der Waals surface area contributed by atoms with Gasteiger partial charge < -0.3 is 20.2 Å². The first-order valence-corrected chi connectivity index (χ1v) is 9.75. The van der Waals surface area contributed by atoms with Gasteiger partial charge in [-0.1, -0.05) is 24.3 Å². The van der Waals surface area contributed by atoms with Crippen LogP contribution in [0.2, 0.25) is 0 Å². The Kier molecular flexibility index (Phi) is 6.09. The van der Waals surface area contributed by atoms with Crippen LogP contribution in [0.5, 0.6) is 0 Å². The molecule has 3 heterocycles. The molecule has 0 amide bonds. The van der Waals surface area contributed by atoms with Crippen molar-refractivity contribution in [3.63, 3.8) is 0 Å². The number of nitro groups is 1. The van der Waals surface area contributed by atoms with E-state index >= 15 is 0 Å². The van der Waals surface area contributed by atoms with Gasteiger partial charge in [0.05, 0.1) is 41.2 Å². The fourth-order valence-corrected chi connectivity index (χ4v) is 3.16. The van der Waals surface area contributed by atoms with Crippen molar-refractivity contribution in [2.75, 3.05) is 0 Å².